The van der Waals surface area contributed by atoms with Gasteiger partial charge in [0.05, 0.1) is 23.4 Å². The molecule has 4 rings (SSSR count). The van der Waals surface area contributed by atoms with Gasteiger partial charge in [0.2, 0.25) is 5.91 Å². The number of halogens is 1. The summed E-state index contributed by atoms with van der Waals surface area (Å²) < 4.78 is 21.4. The molecule has 0 aliphatic rings. The van der Waals surface area contributed by atoms with Crippen LogP contribution in [0.4, 0.5) is 4.39 Å². The molecule has 5 nitrogen and oxygen atoms in total. The Balaban J connectivity index is 1.64. The molecule has 0 aliphatic heterocycles. The van der Waals surface area contributed by atoms with Crippen molar-refractivity contribution in [3.8, 4) is 11.4 Å². The first-order chi connectivity index (χ1) is 15.4. The summed E-state index contributed by atoms with van der Waals surface area (Å²) in [6.07, 6.45) is 3.37. The first kappa shape index (κ1) is 21.9. The Bertz CT molecular complexity index is 1220. The van der Waals surface area contributed by atoms with Crippen molar-refractivity contribution in [1.82, 2.24) is 15.1 Å². The van der Waals surface area contributed by atoms with Gasteiger partial charge in [-0.25, -0.2) is 9.07 Å². The Morgan fingerprint density at radius 3 is 2.50 bits per heavy atom. The summed E-state index contributed by atoms with van der Waals surface area (Å²) in [4.78, 5) is 12.7. The molecule has 1 radical (unpaired) electrons. The summed E-state index contributed by atoms with van der Waals surface area (Å²) in [6, 6.07) is 19.7. The van der Waals surface area contributed by atoms with E-state index in [2.05, 4.69) is 17.3 Å². The van der Waals surface area contributed by atoms with Crippen molar-refractivity contribution in [2.24, 2.45) is 0 Å². The number of carbonyl (C=O) groups excluding carboxylic acids is 1. The number of benzene rings is 3. The maximum atomic E-state index is 13.3. The van der Waals surface area contributed by atoms with Gasteiger partial charge < -0.3 is 10.1 Å². The Morgan fingerprint density at radius 1 is 1.12 bits per heavy atom. The second kappa shape index (κ2) is 9.44. The van der Waals surface area contributed by atoms with Crippen molar-refractivity contribution in [1.29, 1.82) is 0 Å². The van der Waals surface area contributed by atoms with Gasteiger partial charge in [0.1, 0.15) is 17.7 Å². The van der Waals surface area contributed by atoms with Crippen molar-refractivity contribution in [3.63, 3.8) is 0 Å². The fourth-order valence-electron chi connectivity index (χ4n) is 3.60. The molecular formula is C25H23FN3O2S. The van der Waals surface area contributed by atoms with Crippen LogP contribution in [-0.4, -0.2) is 28.0 Å². The predicted octanol–water partition coefficient (Wildman–Crippen LogP) is 5.35. The molecule has 0 fully saturated rings. The quantitative estimate of drug-likeness (QED) is 0.388. The van der Waals surface area contributed by atoms with Crippen molar-refractivity contribution in [3.05, 3.63) is 91.2 Å². The van der Waals surface area contributed by atoms with Crippen molar-refractivity contribution in [2.45, 2.75) is 24.0 Å². The summed E-state index contributed by atoms with van der Waals surface area (Å²) in [5.74, 6) is 0.00381. The zero-order valence-electron chi connectivity index (χ0n) is 17.8. The normalized spacial score (nSPS) is 13.0. The van der Waals surface area contributed by atoms with Crippen LogP contribution < -0.4 is 10.1 Å². The Kier molecular flexibility index (Phi) is 6.46. The molecule has 3 aromatic carbocycles. The third kappa shape index (κ3) is 4.78. The summed E-state index contributed by atoms with van der Waals surface area (Å²) in [5, 5.41) is 8.15. The van der Waals surface area contributed by atoms with Gasteiger partial charge in [-0.05, 0) is 73.3 Å². The third-order valence-corrected chi connectivity index (χ3v) is 5.90. The van der Waals surface area contributed by atoms with E-state index in [1.54, 1.807) is 34.8 Å². The molecule has 0 spiro atoms. The average Bonchev–Trinajstić information content (AvgIpc) is 3.21. The van der Waals surface area contributed by atoms with Gasteiger partial charge in [0.25, 0.3) is 0 Å². The lowest BCUT2D eigenvalue weighted by Crippen LogP contribution is -2.38. The topological polar surface area (TPSA) is 56.1 Å². The maximum absolute atomic E-state index is 13.3. The van der Waals surface area contributed by atoms with Gasteiger partial charge in [0, 0.05) is 17.2 Å². The Hall–Kier alpha value is -3.32. The van der Waals surface area contributed by atoms with Gasteiger partial charge in [-0.1, -0.05) is 12.1 Å². The monoisotopic (exact) mass is 448 g/mol. The number of nitrogens with zero attached hydrogens (tertiary/aromatic N) is 2. The molecule has 163 valence electrons. The molecule has 1 aromatic heterocycles. The van der Waals surface area contributed by atoms with Crippen LogP contribution in [0.2, 0.25) is 0 Å². The summed E-state index contributed by atoms with van der Waals surface area (Å²) in [5.41, 5.74) is 2.60. The Labute approximate surface area is 190 Å². The van der Waals surface area contributed by atoms with Crippen molar-refractivity contribution >= 4 is 28.6 Å². The van der Waals surface area contributed by atoms with E-state index in [4.69, 9.17) is 4.74 Å². The summed E-state index contributed by atoms with van der Waals surface area (Å²) in [6.45, 7) is 5.31. The number of thioether (sulfide) groups is 1. The van der Waals surface area contributed by atoms with E-state index in [9.17, 15) is 9.18 Å². The van der Waals surface area contributed by atoms with E-state index in [0.717, 1.165) is 27.0 Å². The molecule has 1 heterocycles. The lowest BCUT2D eigenvalue weighted by molar-refractivity contribution is -0.118. The summed E-state index contributed by atoms with van der Waals surface area (Å²) in [7, 11) is 0. The van der Waals surface area contributed by atoms with E-state index in [0.29, 0.717) is 5.75 Å². The van der Waals surface area contributed by atoms with Crippen LogP contribution in [0, 0.1) is 12.7 Å². The lowest BCUT2D eigenvalue weighted by atomic mass is 10.0. The van der Waals surface area contributed by atoms with Crippen LogP contribution in [0.3, 0.4) is 0 Å². The van der Waals surface area contributed by atoms with E-state index in [1.165, 1.54) is 12.1 Å². The molecule has 0 saturated carbocycles. The molecule has 32 heavy (non-hydrogen) atoms. The SMILES string of the molecule is [CH2]C(=O)N[C@@H](C)[C@H](Oc1ccc2c(cnn2-c2ccc(F)cc2)c1)c1ccc(SC)cc1. The number of fused-ring (bicyclic) bond motifs is 1. The number of carbonyl (C=O) groups is 1. The molecule has 0 saturated heterocycles. The molecular weight excluding hydrogens is 425 g/mol. The number of rotatable bonds is 7. The fraction of sp³-hybridized carbons (Fsp3) is 0.160. The van der Waals surface area contributed by atoms with Crippen molar-refractivity contribution in [2.75, 3.05) is 6.26 Å². The van der Waals surface area contributed by atoms with Crippen LogP contribution >= 0.6 is 11.8 Å². The Morgan fingerprint density at radius 2 is 1.84 bits per heavy atom. The van der Waals surface area contributed by atoms with Gasteiger partial charge in [-0.15, -0.1) is 11.8 Å². The fourth-order valence-corrected chi connectivity index (χ4v) is 4.01. The van der Waals surface area contributed by atoms with Gasteiger partial charge in [-0.3, -0.25) is 4.79 Å². The molecule has 0 aliphatic carbocycles. The highest BCUT2D eigenvalue weighted by molar-refractivity contribution is 7.98. The minimum atomic E-state index is -0.402. The number of hydrogen-bond donors (Lipinski definition) is 1. The first-order valence-corrected chi connectivity index (χ1v) is 11.3. The summed E-state index contributed by atoms with van der Waals surface area (Å²) >= 11 is 1.66. The van der Waals surface area contributed by atoms with E-state index >= 15 is 0 Å². The minimum absolute atomic E-state index is 0.291. The number of aromatic nitrogens is 2. The second-order valence-electron chi connectivity index (χ2n) is 7.42. The lowest BCUT2D eigenvalue weighted by Gasteiger charge is -2.26. The molecule has 1 N–H and O–H groups in total. The minimum Gasteiger partial charge on any atom is -0.484 e. The van der Waals surface area contributed by atoms with Crippen LogP contribution in [0.25, 0.3) is 16.6 Å². The first-order valence-electron chi connectivity index (χ1n) is 10.1. The number of hydrogen-bond acceptors (Lipinski definition) is 4. The molecule has 0 unspecified atom stereocenters. The van der Waals surface area contributed by atoms with Crippen LogP contribution in [0.15, 0.2) is 77.8 Å². The van der Waals surface area contributed by atoms with Gasteiger partial charge in [0.15, 0.2) is 0 Å². The smallest absolute Gasteiger partial charge is 0.220 e. The highest BCUT2D eigenvalue weighted by atomic mass is 32.2. The van der Waals surface area contributed by atoms with Gasteiger partial charge >= 0.3 is 0 Å². The zero-order chi connectivity index (χ0) is 22.7. The molecule has 7 heteroatoms. The highest BCUT2D eigenvalue weighted by Crippen LogP contribution is 2.30. The van der Waals surface area contributed by atoms with Gasteiger partial charge in [-0.2, -0.15) is 5.10 Å². The molecule has 1 amide bonds. The predicted molar refractivity (Wildman–Crippen MR) is 126 cm³/mol. The molecule has 4 aromatic rings. The third-order valence-electron chi connectivity index (χ3n) is 5.16. The number of amides is 1. The zero-order valence-corrected chi connectivity index (χ0v) is 18.6. The average molecular weight is 449 g/mol. The largest absolute Gasteiger partial charge is 0.484 e. The van der Waals surface area contributed by atoms with Crippen LogP contribution in [0.1, 0.15) is 18.6 Å². The van der Waals surface area contributed by atoms with Crippen molar-refractivity contribution < 1.29 is 13.9 Å². The molecule has 2 atom stereocenters. The standard InChI is InChI=1S/C25H23FN3O2S/c1-16(28-17(2)30)25(18-4-11-23(32-3)12-5-18)31-22-10-13-24-19(14-22)15-27-29(24)21-8-6-20(26)7-9-21/h4-16,25H,2H2,1,3H3,(H,28,30)/t16-,25-/m0/s1. The van der Waals surface area contributed by atoms with E-state index in [1.807, 2.05) is 55.6 Å². The van der Waals surface area contributed by atoms with Crippen LogP contribution in [0.5, 0.6) is 5.75 Å². The van der Waals surface area contributed by atoms with E-state index < -0.39 is 6.10 Å². The highest BCUT2D eigenvalue weighted by Gasteiger charge is 2.23. The second-order valence-corrected chi connectivity index (χ2v) is 8.30. The maximum Gasteiger partial charge on any atom is 0.220 e. The van der Waals surface area contributed by atoms with Crippen LogP contribution in [-0.2, 0) is 4.79 Å². The molecule has 0 bridgehead atoms. The number of nitrogens with one attached hydrogen (secondary N) is 1. The number of ether oxygens (including phenoxy) is 1. The van der Waals surface area contributed by atoms with E-state index in [-0.39, 0.29) is 17.8 Å².